The van der Waals surface area contributed by atoms with Gasteiger partial charge in [-0.3, -0.25) is 9.69 Å². The largest absolute Gasteiger partial charge is 0.450 e. The summed E-state index contributed by atoms with van der Waals surface area (Å²) in [4.78, 5) is 30.6. The van der Waals surface area contributed by atoms with Gasteiger partial charge >= 0.3 is 6.09 Å². The van der Waals surface area contributed by atoms with Crippen LogP contribution in [0.5, 0.6) is 0 Å². The van der Waals surface area contributed by atoms with E-state index in [9.17, 15) is 9.59 Å². The third-order valence-corrected chi connectivity index (χ3v) is 7.18. The van der Waals surface area contributed by atoms with Gasteiger partial charge in [-0.15, -0.1) is 0 Å². The molecule has 2 aliphatic heterocycles. The summed E-state index contributed by atoms with van der Waals surface area (Å²) in [7, 11) is 1.92. The van der Waals surface area contributed by atoms with E-state index in [4.69, 9.17) is 4.74 Å². The van der Waals surface area contributed by atoms with E-state index in [0.717, 1.165) is 39.1 Å². The van der Waals surface area contributed by atoms with Gasteiger partial charge < -0.3 is 14.5 Å². The first-order valence-electron chi connectivity index (χ1n) is 9.88. The van der Waals surface area contributed by atoms with Gasteiger partial charge in [-0.25, -0.2) is 4.79 Å². The van der Waals surface area contributed by atoms with Crippen molar-refractivity contribution in [2.75, 3.05) is 46.4 Å². The van der Waals surface area contributed by atoms with E-state index in [0.29, 0.717) is 41.7 Å². The van der Waals surface area contributed by atoms with Crippen molar-refractivity contribution in [3.63, 3.8) is 0 Å². The first-order valence-corrected chi connectivity index (χ1v) is 9.88. The minimum atomic E-state index is -0.147. The molecule has 6 heteroatoms. The molecule has 0 bridgehead atoms. The lowest BCUT2D eigenvalue weighted by molar-refractivity contribution is -0.132. The second-order valence-electron chi connectivity index (χ2n) is 8.59. The van der Waals surface area contributed by atoms with Gasteiger partial charge in [-0.05, 0) is 50.4 Å². The molecule has 0 N–H and O–H groups in total. The highest BCUT2D eigenvalue weighted by Gasteiger charge is 2.62. The summed E-state index contributed by atoms with van der Waals surface area (Å²) in [5, 5.41) is 0. The average Bonchev–Trinajstić information content (AvgIpc) is 2.94. The number of piperidine rings is 1. The normalized spacial score (nSPS) is 39.2. The molecule has 4 aliphatic rings. The zero-order valence-corrected chi connectivity index (χ0v) is 15.7. The van der Waals surface area contributed by atoms with Gasteiger partial charge in [-0.1, -0.05) is 0 Å². The molecule has 2 heterocycles. The zero-order valence-electron chi connectivity index (χ0n) is 15.7. The van der Waals surface area contributed by atoms with Gasteiger partial charge in [0.15, 0.2) is 0 Å². The summed E-state index contributed by atoms with van der Waals surface area (Å²) in [6, 6.07) is 0.662. The van der Waals surface area contributed by atoms with Crippen molar-refractivity contribution < 1.29 is 14.3 Å². The maximum Gasteiger partial charge on any atom is 0.409 e. The molecular formula is C19H31N3O3. The van der Waals surface area contributed by atoms with Crippen LogP contribution in [-0.4, -0.2) is 79.1 Å². The average molecular weight is 349 g/mol. The topological polar surface area (TPSA) is 53.1 Å². The van der Waals surface area contributed by atoms with Crippen molar-refractivity contribution in [3.8, 4) is 0 Å². The Morgan fingerprint density at radius 3 is 2.48 bits per heavy atom. The second-order valence-corrected chi connectivity index (χ2v) is 8.59. The standard InChI is InChI=1S/C19H31N3O3/c1-4-20(3)17(23)16-14-10-22(11-15(14)16)13-8-19(9-13)6-7-21(12-19)18(24)25-5-2/h13-16H,4-12H2,1-3H3/t13?,14-,15+,16+,19?. The van der Waals surface area contributed by atoms with Crippen molar-refractivity contribution in [1.82, 2.24) is 14.7 Å². The third kappa shape index (κ3) is 2.82. The van der Waals surface area contributed by atoms with E-state index < -0.39 is 0 Å². The lowest BCUT2D eigenvalue weighted by Gasteiger charge is -2.49. The van der Waals surface area contributed by atoms with Crippen LogP contribution in [0.1, 0.15) is 33.1 Å². The Labute approximate surface area is 150 Å². The molecule has 0 unspecified atom stereocenters. The van der Waals surface area contributed by atoms with Crippen molar-refractivity contribution in [2.45, 2.75) is 39.2 Å². The molecule has 2 saturated carbocycles. The van der Waals surface area contributed by atoms with Crippen LogP contribution in [-0.2, 0) is 9.53 Å². The van der Waals surface area contributed by atoms with Gasteiger partial charge in [0.1, 0.15) is 0 Å². The fourth-order valence-corrected chi connectivity index (χ4v) is 5.47. The van der Waals surface area contributed by atoms with Gasteiger partial charge in [0.05, 0.1) is 6.61 Å². The van der Waals surface area contributed by atoms with E-state index in [1.807, 2.05) is 30.7 Å². The van der Waals surface area contributed by atoms with Gasteiger partial charge in [0.2, 0.25) is 5.91 Å². The molecule has 3 atom stereocenters. The van der Waals surface area contributed by atoms with Crippen molar-refractivity contribution >= 4 is 12.0 Å². The Kier molecular flexibility index (Phi) is 4.21. The highest BCUT2D eigenvalue weighted by Crippen LogP contribution is 2.57. The van der Waals surface area contributed by atoms with Crippen LogP contribution < -0.4 is 0 Å². The van der Waals surface area contributed by atoms with E-state index in [1.165, 1.54) is 12.8 Å². The molecule has 4 rings (SSSR count). The summed E-state index contributed by atoms with van der Waals surface area (Å²) in [5.74, 6) is 1.83. The highest BCUT2D eigenvalue weighted by atomic mass is 16.6. The third-order valence-electron chi connectivity index (χ3n) is 7.18. The van der Waals surface area contributed by atoms with E-state index >= 15 is 0 Å². The number of carbonyl (C=O) groups is 2. The molecule has 0 aromatic rings. The maximum atomic E-state index is 12.3. The van der Waals surface area contributed by atoms with E-state index in [2.05, 4.69) is 4.90 Å². The minimum absolute atomic E-state index is 0.147. The summed E-state index contributed by atoms with van der Waals surface area (Å²) in [6.45, 7) is 9.06. The van der Waals surface area contributed by atoms with Crippen LogP contribution >= 0.6 is 0 Å². The quantitative estimate of drug-likeness (QED) is 0.774. The molecule has 25 heavy (non-hydrogen) atoms. The number of hydrogen-bond donors (Lipinski definition) is 0. The highest BCUT2D eigenvalue weighted by molar-refractivity contribution is 5.82. The molecular weight excluding hydrogens is 318 g/mol. The summed E-state index contributed by atoms with van der Waals surface area (Å²) >= 11 is 0. The minimum Gasteiger partial charge on any atom is -0.450 e. The van der Waals surface area contributed by atoms with Crippen molar-refractivity contribution in [2.24, 2.45) is 23.2 Å². The molecule has 2 amide bonds. The van der Waals surface area contributed by atoms with Crippen LogP contribution in [0, 0.1) is 23.2 Å². The number of hydrogen-bond acceptors (Lipinski definition) is 4. The molecule has 0 aromatic heterocycles. The number of carbonyl (C=O) groups excluding carboxylic acids is 2. The van der Waals surface area contributed by atoms with Crippen molar-refractivity contribution in [3.05, 3.63) is 0 Å². The molecule has 2 saturated heterocycles. The summed E-state index contributed by atoms with van der Waals surface area (Å²) in [6.07, 6.45) is 3.38. The van der Waals surface area contributed by atoms with E-state index in [-0.39, 0.29) is 6.09 Å². The SMILES string of the molecule is CCOC(=O)N1CCC2(CC(N3C[C@@H]4[C@H](C3)[C@H]4C(=O)N(C)CC)C2)C1. The first kappa shape index (κ1) is 17.1. The van der Waals surface area contributed by atoms with Crippen LogP contribution in [0.3, 0.4) is 0 Å². The number of amides is 2. The first-order chi connectivity index (χ1) is 12.0. The Bertz CT molecular complexity index is 548. The Morgan fingerprint density at radius 1 is 1.20 bits per heavy atom. The Balaban J connectivity index is 1.23. The molecule has 0 radical (unpaired) electrons. The van der Waals surface area contributed by atoms with E-state index in [1.54, 1.807) is 0 Å². The second kappa shape index (κ2) is 6.15. The number of nitrogens with zero attached hydrogens (tertiary/aromatic N) is 3. The van der Waals surface area contributed by atoms with Gasteiger partial charge in [0, 0.05) is 51.7 Å². The summed E-state index contributed by atoms with van der Waals surface area (Å²) in [5.41, 5.74) is 0.335. The lowest BCUT2D eigenvalue weighted by atomic mass is 9.64. The summed E-state index contributed by atoms with van der Waals surface area (Å²) < 4.78 is 5.14. The predicted octanol–water partition coefficient (Wildman–Crippen LogP) is 1.65. The van der Waals surface area contributed by atoms with Crippen LogP contribution in [0.2, 0.25) is 0 Å². The molecule has 1 spiro atoms. The van der Waals surface area contributed by atoms with Gasteiger partial charge in [-0.2, -0.15) is 0 Å². The monoisotopic (exact) mass is 349 g/mol. The molecule has 140 valence electrons. The number of fused-ring (bicyclic) bond motifs is 1. The number of ether oxygens (including phenoxy) is 1. The van der Waals surface area contributed by atoms with Crippen LogP contribution in [0.15, 0.2) is 0 Å². The fourth-order valence-electron chi connectivity index (χ4n) is 5.47. The maximum absolute atomic E-state index is 12.3. The number of rotatable bonds is 4. The zero-order chi connectivity index (χ0) is 17.8. The van der Waals surface area contributed by atoms with Crippen LogP contribution in [0.4, 0.5) is 4.79 Å². The Morgan fingerprint density at radius 2 is 1.88 bits per heavy atom. The molecule has 2 aliphatic carbocycles. The van der Waals surface area contributed by atoms with Gasteiger partial charge in [0.25, 0.3) is 0 Å². The molecule has 4 fully saturated rings. The van der Waals surface area contributed by atoms with Crippen LogP contribution in [0.25, 0.3) is 0 Å². The number of likely N-dealkylation sites (tertiary alicyclic amines) is 2. The molecule has 0 aromatic carbocycles. The fraction of sp³-hybridized carbons (Fsp3) is 0.895. The molecule has 6 nitrogen and oxygen atoms in total. The van der Waals surface area contributed by atoms with Crippen molar-refractivity contribution in [1.29, 1.82) is 0 Å². The smallest absolute Gasteiger partial charge is 0.409 e. The Hall–Kier alpha value is -1.30. The predicted molar refractivity (Wildman–Crippen MR) is 94.0 cm³/mol. The lowest BCUT2D eigenvalue weighted by Crippen LogP contribution is -2.52.